The maximum atomic E-state index is 12.0. The van der Waals surface area contributed by atoms with Crippen LogP contribution in [0.2, 0.25) is 0 Å². The molecule has 106 valence electrons. The van der Waals surface area contributed by atoms with Crippen LogP contribution in [-0.2, 0) is 0 Å². The van der Waals surface area contributed by atoms with Crippen molar-refractivity contribution in [3.8, 4) is 5.75 Å². The molecule has 0 aromatic heterocycles. The number of nitrogen functional groups attached to an aromatic ring is 1. The molecule has 0 unspecified atom stereocenters. The van der Waals surface area contributed by atoms with E-state index in [0.29, 0.717) is 23.5 Å². The molecule has 0 aliphatic rings. The first-order valence-corrected chi connectivity index (χ1v) is 7.79. The van der Waals surface area contributed by atoms with Crippen LogP contribution in [0.15, 0.2) is 18.2 Å². The maximum absolute atomic E-state index is 12.0. The standard InChI is InChI=1S/C14H22N2O2S/c1-18-11-6-7-13(15)12(10-11)14(17)16-8-4-3-5-9-19-2/h6-7,10H,3-5,8-9,15H2,1-2H3,(H,16,17). The number of unbranched alkanes of at least 4 members (excludes halogenated alkanes) is 2. The highest BCUT2D eigenvalue weighted by molar-refractivity contribution is 7.98. The zero-order valence-electron chi connectivity index (χ0n) is 11.6. The number of amides is 1. The fourth-order valence-corrected chi connectivity index (χ4v) is 2.20. The highest BCUT2D eigenvalue weighted by atomic mass is 32.2. The lowest BCUT2D eigenvalue weighted by molar-refractivity contribution is 0.0953. The minimum atomic E-state index is -0.138. The molecule has 0 heterocycles. The lowest BCUT2D eigenvalue weighted by atomic mass is 10.1. The highest BCUT2D eigenvalue weighted by Crippen LogP contribution is 2.19. The van der Waals surface area contributed by atoms with Crippen LogP contribution in [0.25, 0.3) is 0 Å². The van der Waals surface area contributed by atoms with Gasteiger partial charge in [-0.2, -0.15) is 11.8 Å². The number of anilines is 1. The third kappa shape index (κ3) is 5.42. The number of hydrogen-bond acceptors (Lipinski definition) is 4. The Morgan fingerprint density at radius 3 is 2.84 bits per heavy atom. The fraction of sp³-hybridized carbons (Fsp3) is 0.500. The van der Waals surface area contributed by atoms with Crippen LogP contribution in [0, 0.1) is 0 Å². The monoisotopic (exact) mass is 282 g/mol. The number of nitrogens with two attached hydrogens (primary N) is 1. The predicted molar refractivity (Wildman–Crippen MR) is 82.0 cm³/mol. The Labute approximate surface area is 119 Å². The summed E-state index contributed by atoms with van der Waals surface area (Å²) in [6.45, 7) is 0.684. The molecule has 0 aliphatic heterocycles. The third-order valence-electron chi connectivity index (χ3n) is 2.82. The van der Waals surface area contributed by atoms with Gasteiger partial charge in [-0.15, -0.1) is 0 Å². The minimum Gasteiger partial charge on any atom is -0.497 e. The van der Waals surface area contributed by atoms with Gasteiger partial charge in [-0.1, -0.05) is 6.42 Å². The zero-order valence-corrected chi connectivity index (χ0v) is 12.4. The average molecular weight is 282 g/mol. The van der Waals surface area contributed by atoms with Crippen LogP contribution in [0.4, 0.5) is 5.69 Å². The SMILES string of the molecule is COc1ccc(N)c(C(=O)NCCCCCSC)c1. The molecule has 0 radical (unpaired) electrons. The van der Waals surface area contributed by atoms with E-state index >= 15 is 0 Å². The number of rotatable bonds is 8. The topological polar surface area (TPSA) is 64.3 Å². The van der Waals surface area contributed by atoms with Gasteiger partial charge in [-0.25, -0.2) is 0 Å². The number of nitrogens with one attached hydrogen (secondary N) is 1. The van der Waals surface area contributed by atoms with Crippen LogP contribution in [0.3, 0.4) is 0 Å². The Morgan fingerprint density at radius 2 is 2.16 bits per heavy atom. The first-order chi connectivity index (χ1) is 9.19. The molecule has 0 saturated heterocycles. The van der Waals surface area contributed by atoms with E-state index in [9.17, 15) is 4.79 Å². The number of carbonyl (C=O) groups excluding carboxylic acids is 1. The van der Waals surface area contributed by atoms with Gasteiger partial charge in [0, 0.05) is 12.2 Å². The van der Waals surface area contributed by atoms with E-state index in [1.54, 1.807) is 25.3 Å². The van der Waals surface area contributed by atoms with Crippen molar-refractivity contribution in [2.75, 3.05) is 31.4 Å². The van der Waals surface area contributed by atoms with Crippen molar-refractivity contribution in [2.45, 2.75) is 19.3 Å². The molecule has 1 aromatic rings. The zero-order chi connectivity index (χ0) is 14.1. The molecule has 19 heavy (non-hydrogen) atoms. The van der Waals surface area contributed by atoms with Crippen molar-refractivity contribution >= 4 is 23.4 Å². The Hall–Kier alpha value is -1.36. The quantitative estimate of drug-likeness (QED) is 0.568. The smallest absolute Gasteiger partial charge is 0.253 e. The normalized spacial score (nSPS) is 10.2. The van der Waals surface area contributed by atoms with Gasteiger partial charge in [-0.3, -0.25) is 4.79 Å². The summed E-state index contributed by atoms with van der Waals surface area (Å²) in [5, 5.41) is 2.89. The average Bonchev–Trinajstić information content (AvgIpc) is 2.43. The van der Waals surface area contributed by atoms with E-state index in [4.69, 9.17) is 10.5 Å². The second kappa shape index (κ2) is 8.69. The molecule has 0 spiro atoms. The van der Waals surface area contributed by atoms with E-state index < -0.39 is 0 Å². The molecule has 4 nitrogen and oxygen atoms in total. The predicted octanol–water partition coefficient (Wildman–Crippen LogP) is 2.54. The number of carbonyl (C=O) groups is 1. The largest absolute Gasteiger partial charge is 0.497 e. The van der Waals surface area contributed by atoms with Gasteiger partial charge in [0.05, 0.1) is 12.7 Å². The summed E-state index contributed by atoms with van der Waals surface area (Å²) in [6, 6.07) is 5.10. The van der Waals surface area contributed by atoms with Crippen LogP contribution in [0.1, 0.15) is 29.6 Å². The van der Waals surface area contributed by atoms with E-state index in [1.807, 2.05) is 11.8 Å². The van der Waals surface area contributed by atoms with Crippen molar-refractivity contribution < 1.29 is 9.53 Å². The van der Waals surface area contributed by atoms with Gasteiger partial charge in [0.25, 0.3) is 5.91 Å². The van der Waals surface area contributed by atoms with Crippen molar-refractivity contribution in [1.82, 2.24) is 5.32 Å². The van der Waals surface area contributed by atoms with Gasteiger partial charge >= 0.3 is 0 Å². The van der Waals surface area contributed by atoms with Gasteiger partial charge < -0.3 is 15.8 Å². The van der Waals surface area contributed by atoms with E-state index in [-0.39, 0.29) is 5.91 Å². The van der Waals surface area contributed by atoms with Crippen LogP contribution in [0.5, 0.6) is 5.75 Å². The fourth-order valence-electron chi connectivity index (χ4n) is 1.70. The second-order valence-corrected chi connectivity index (χ2v) is 5.25. The number of ether oxygens (including phenoxy) is 1. The lowest BCUT2D eigenvalue weighted by Gasteiger charge is -2.09. The Balaban J connectivity index is 2.40. The van der Waals surface area contributed by atoms with Gasteiger partial charge in [0.2, 0.25) is 0 Å². The maximum Gasteiger partial charge on any atom is 0.253 e. The summed E-state index contributed by atoms with van der Waals surface area (Å²) in [4.78, 5) is 12.0. The Kier molecular flexibility index (Phi) is 7.18. The number of benzene rings is 1. The van der Waals surface area contributed by atoms with Crippen molar-refractivity contribution in [3.05, 3.63) is 23.8 Å². The minimum absolute atomic E-state index is 0.138. The molecule has 3 N–H and O–H groups in total. The number of methoxy groups -OCH3 is 1. The summed E-state index contributed by atoms with van der Waals surface area (Å²) in [7, 11) is 1.57. The molecule has 0 saturated carbocycles. The molecular formula is C14H22N2O2S. The molecule has 0 atom stereocenters. The van der Waals surface area contributed by atoms with E-state index in [2.05, 4.69) is 11.6 Å². The molecule has 1 rings (SSSR count). The second-order valence-electron chi connectivity index (χ2n) is 4.26. The number of hydrogen-bond donors (Lipinski definition) is 2. The van der Waals surface area contributed by atoms with Crippen molar-refractivity contribution in [3.63, 3.8) is 0 Å². The molecule has 0 aliphatic carbocycles. The lowest BCUT2D eigenvalue weighted by Crippen LogP contribution is -2.25. The van der Waals surface area contributed by atoms with Crippen LogP contribution >= 0.6 is 11.8 Å². The van der Waals surface area contributed by atoms with Crippen LogP contribution < -0.4 is 15.8 Å². The Morgan fingerprint density at radius 1 is 1.37 bits per heavy atom. The number of thioether (sulfide) groups is 1. The molecular weight excluding hydrogens is 260 g/mol. The molecule has 1 aromatic carbocycles. The summed E-state index contributed by atoms with van der Waals surface area (Å²) in [5.74, 6) is 1.68. The molecule has 0 fully saturated rings. The van der Waals surface area contributed by atoms with Gasteiger partial charge in [-0.05, 0) is 43.0 Å². The third-order valence-corrected chi connectivity index (χ3v) is 3.51. The highest BCUT2D eigenvalue weighted by Gasteiger charge is 2.10. The first kappa shape index (κ1) is 15.7. The van der Waals surface area contributed by atoms with Gasteiger partial charge in [0.1, 0.15) is 5.75 Å². The molecule has 0 bridgehead atoms. The van der Waals surface area contributed by atoms with E-state index in [1.165, 1.54) is 12.2 Å². The van der Waals surface area contributed by atoms with E-state index in [0.717, 1.165) is 12.8 Å². The van der Waals surface area contributed by atoms with Gasteiger partial charge in [0.15, 0.2) is 0 Å². The molecule has 1 amide bonds. The van der Waals surface area contributed by atoms with Crippen molar-refractivity contribution in [2.24, 2.45) is 0 Å². The summed E-state index contributed by atoms with van der Waals surface area (Å²) in [6.07, 6.45) is 5.43. The summed E-state index contributed by atoms with van der Waals surface area (Å²) < 4.78 is 5.09. The summed E-state index contributed by atoms with van der Waals surface area (Å²) in [5.41, 5.74) is 6.74. The Bertz CT molecular complexity index is 410. The summed E-state index contributed by atoms with van der Waals surface area (Å²) >= 11 is 1.85. The first-order valence-electron chi connectivity index (χ1n) is 6.39. The van der Waals surface area contributed by atoms with Crippen LogP contribution in [-0.4, -0.2) is 31.6 Å². The molecule has 5 heteroatoms. The van der Waals surface area contributed by atoms with Crippen molar-refractivity contribution in [1.29, 1.82) is 0 Å².